The van der Waals surface area contributed by atoms with Gasteiger partial charge in [0.05, 0.1) is 6.10 Å². The van der Waals surface area contributed by atoms with E-state index in [-0.39, 0.29) is 6.04 Å². The van der Waals surface area contributed by atoms with Gasteiger partial charge in [-0.2, -0.15) is 0 Å². The van der Waals surface area contributed by atoms with E-state index in [4.69, 9.17) is 0 Å². The van der Waals surface area contributed by atoms with E-state index in [9.17, 15) is 5.11 Å². The van der Waals surface area contributed by atoms with Gasteiger partial charge in [-0.3, -0.25) is 0 Å². The summed E-state index contributed by atoms with van der Waals surface area (Å²) in [7, 11) is 0. The van der Waals surface area contributed by atoms with E-state index in [2.05, 4.69) is 36.5 Å². The summed E-state index contributed by atoms with van der Waals surface area (Å²) in [6, 6.07) is 9.87. The van der Waals surface area contributed by atoms with Gasteiger partial charge in [-0.05, 0) is 24.3 Å². The lowest BCUT2D eigenvalue weighted by atomic mass is 9.89. The predicted octanol–water partition coefficient (Wildman–Crippen LogP) is 3.08. The first-order valence-corrected chi connectivity index (χ1v) is 7.00. The van der Waals surface area contributed by atoms with Crippen molar-refractivity contribution >= 4 is 0 Å². The van der Waals surface area contributed by atoms with Gasteiger partial charge in [0.25, 0.3) is 0 Å². The summed E-state index contributed by atoms with van der Waals surface area (Å²) >= 11 is 0. The monoisotopic (exact) mass is 257 g/mol. The molecular weight excluding hydrogens is 234 g/mol. The highest BCUT2D eigenvalue weighted by molar-refractivity contribution is 5.19. The third-order valence-corrected chi connectivity index (χ3v) is 3.85. The molecule has 1 aliphatic rings. The predicted molar refractivity (Wildman–Crippen MR) is 79.8 cm³/mol. The fraction of sp³-hybridized carbons (Fsp3) is 0.412. The van der Waals surface area contributed by atoms with Crippen LogP contribution >= 0.6 is 0 Å². The summed E-state index contributed by atoms with van der Waals surface area (Å²) in [5, 5.41) is 13.7. The lowest BCUT2D eigenvalue weighted by molar-refractivity contribution is 0.133. The van der Waals surface area contributed by atoms with Crippen molar-refractivity contribution in [3.8, 4) is 0 Å². The molecule has 0 heterocycles. The van der Waals surface area contributed by atoms with E-state index in [1.165, 1.54) is 0 Å². The number of aliphatic hydroxyl groups excluding tert-OH is 1. The van der Waals surface area contributed by atoms with Gasteiger partial charge in [-0.25, -0.2) is 0 Å². The Kier molecular flexibility index (Phi) is 4.94. The highest BCUT2D eigenvalue weighted by Crippen LogP contribution is 2.20. The van der Waals surface area contributed by atoms with Gasteiger partial charge in [0.1, 0.15) is 0 Å². The normalized spacial score (nSPS) is 25.2. The largest absolute Gasteiger partial charge is 0.387 e. The van der Waals surface area contributed by atoms with Crippen LogP contribution in [0.5, 0.6) is 0 Å². The Morgan fingerprint density at radius 1 is 1.16 bits per heavy atom. The molecule has 0 saturated carbocycles. The number of aliphatic hydroxyl groups is 1. The molecule has 2 unspecified atom stereocenters. The van der Waals surface area contributed by atoms with Crippen LogP contribution in [0.25, 0.3) is 0 Å². The third-order valence-electron chi connectivity index (χ3n) is 3.85. The van der Waals surface area contributed by atoms with Crippen molar-refractivity contribution in [2.75, 3.05) is 6.54 Å². The second-order valence-corrected chi connectivity index (χ2v) is 5.35. The minimum atomic E-state index is -0.459. The van der Waals surface area contributed by atoms with Crippen LogP contribution in [0.1, 0.15) is 25.5 Å². The molecular formula is C17H23NO. The lowest BCUT2D eigenvalue weighted by Crippen LogP contribution is -2.36. The summed E-state index contributed by atoms with van der Waals surface area (Å²) in [5.74, 6) is 1.06. The average Bonchev–Trinajstić information content (AvgIpc) is 2.46. The topological polar surface area (TPSA) is 32.3 Å². The summed E-state index contributed by atoms with van der Waals surface area (Å²) in [4.78, 5) is 0. The van der Waals surface area contributed by atoms with Crippen LogP contribution in [0, 0.1) is 11.8 Å². The van der Waals surface area contributed by atoms with Crippen molar-refractivity contribution in [3.63, 3.8) is 0 Å². The standard InChI is InChI=1S/C17H23NO/c1-13-8-6-7-11-16(13)12-18-14(2)17(19)15-9-4-3-5-10-15/h3-11,13-14,16-19H,12H2,1-2H3/t13?,14-,16?,17-/m0/s1. The molecule has 19 heavy (non-hydrogen) atoms. The Morgan fingerprint density at radius 3 is 2.53 bits per heavy atom. The number of benzene rings is 1. The quantitative estimate of drug-likeness (QED) is 0.849. The van der Waals surface area contributed by atoms with Crippen molar-refractivity contribution in [1.82, 2.24) is 5.32 Å². The fourth-order valence-corrected chi connectivity index (χ4v) is 2.39. The maximum absolute atomic E-state index is 10.3. The summed E-state index contributed by atoms with van der Waals surface area (Å²) in [6.45, 7) is 5.16. The highest BCUT2D eigenvalue weighted by Gasteiger charge is 2.19. The first-order valence-electron chi connectivity index (χ1n) is 7.00. The number of rotatable bonds is 5. The van der Waals surface area contributed by atoms with Gasteiger partial charge in [0.15, 0.2) is 0 Å². The molecule has 0 amide bonds. The number of hydrogen-bond donors (Lipinski definition) is 2. The molecule has 2 N–H and O–H groups in total. The van der Waals surface area contributed by atoms with Gasteiger partial charge >= 0.3 is 0 Å². The van der Waals surface area contributed by atoms with E-state index in [1.54, 1.807) is 0 Å². The highest BCUT2D eigenvalue weighted by atomic mass is 16.3. The third kappa shape index (κ3) is 3.79. The molecule has 1 aromatic carbocycles. The number of hydrogen-bond acceptors (Lipinski definition) is 2. The minimum absolute atomic E-state index is 0.0499. The second-order valence-electron chi connectivity index (χ2n) is 5.35. The molecule has 102 valence electrons. The van der Waals surface area contributed by atoms with Gasteiger partial charge in [-0.15, -0.1) is 0 Å². The zero-order valence-corrected chi connectivity index (χ0v) is 11.7. The number of nitrogens with one attached hydrogen (secondary N) is 1. The van der Waals surface area contributed by atoms with Gasteiger partial charge in [-0.1, -0.05) is 61.6 Å². The molecule has 4 atom stereocenters. The summed E-state index contributed by atoms with van der Waals surface area (Å²) in [6.07, 6.45) is 8.21. The van der Waals surface area contributed by atoms with Crippen LogP contribution in [0.3, 0.4) is 0 Å². The molecule has 2 nitrogen and oxygen atoms in total. The van der Waals surface area contributed by atoms with Crippen molar-refractivity contribution in [2.24, 2.45) is 11.8 Å². The molecule has 0 aliphatic heterocycles. The van der Waals surface area contributed by atoms with Crippen LogP contribution in [-0.4, -0.2) is 17.7 Å². The Hall–Kier alpha value is -1.38. The Labute approximate surface area is 115 Å². The zero-order chi connectivity index (χ0) is 13.7. The summed E-state index contributed by atoms with van der Waals surface area (Å²) < 4.78 is 0. The zero-order valence-electron chi connectivity index (χ0n) is 11.7. The van der Waals surface area contributed by atoms with Crippen molar-refractivity contribution in [2.45, 2.75) is 26.0 Å². The average molecular weight is 257 g/mol. The Bertz CT molecular complexity index is 438. The Balaban J connectivity index is 1.86. The maximum atomic E-state index is 10.3. The van der Waals surface area contributed by atoms with E-state index in [1.807, 2.05) is 37.3 Å². The fourth-order valence-electron chi connectivity index (χ4n) is 2.39. The van der Waals surface area contributed by atoms with E-state index >= 15 is 0 Å². The van der Waals surface area contributed by atoms with E-state index < -0.39 is 6.10 Å². The van der Waals surface area contributed by atoms with E-state index in [0.29, 0.717) is 11.8 Å². The summed E-state index contributed by atoms with van der Waals surface area (Å²) in [5.41, 5.74) is 0.967. The van der Waals surface area contributed by atoms with Crippen molar-refractivity contribution < 1.29 is 5.11 Å². The molecule has 1 aromatic rings. The van der Waals surface area contributed by atoms with Crippen molar-refractivity contribution in [1.29, 1.82) is 0 Å². The number of allylic oxidation sites excluding steroid dienone is 3. The van der Waals surface area contributed by atoms with Gasteiger partial charge < -0.3 is 10.4 Å². The first-order chi connectivity index (χ1) is 9.18. The molecule has 0 fully saturated rings. The lowest BCUT2D eigenvalue weighted by Gasteiger charge is -2.26. The Morgan fingerprint density at radius 2 is 1.84 bits per heavy atom. The molecule has 0 spiro atoms. The smallest absolute Gasteiger partial charge is 0.0940 e. The maximum Gasteiger partial charge on any atom is 0.0940 e. The van der Waals surface area contributed by atoms with Crippen LogP contribution in [-0.2, 0) is 0 Å². The van der Waals surface area contributed by atoms with Crippen LogP contribution < -0.4 is 5.32 Å². The van der Waals surface area contributed by atoms with Crippen LogP contribution in [0.15, 0.2) is 54.6 Å². The van der Waals surface area contributed by atoms with Crippen LogP contribution in [0.4, 0.5) is 0 Å². The molecule has 0 radical (unpaired) electrons. The minimum Gasteiger partial charge on any atom is -0.387 e. The molecule has 0 aromatic heterocycles. The SMILES string of the molecule is CC1C=CC=CC1CN[C@@H](C)[C@H](O)c1ccccc1. The van der Waals surface area contributed by atoms with E-state index in [0.717, 1.165) is 12.1 Å². The first kappa shape index (κ1) is 14.0. The molecule has 1 aliphatic carbocycles. The molecule has 0 saturated heterocycles. The van der Waals surface area contributed by atoms with Crippen LogP contribution in [0.2, 0.25) is 0 Å². The van der Waals surface area contributed by atoms with Crippen molar-refractivity contribution in [3.05, 3.63) is 60.2 Å². The molecule has 2 rings (SSSR count). The van der Waals surface area contributed by atoms with Gasteiger partial charge in [0.2, 0.25) is 0 Å². The molecule has 0 bridgehead atoms. The second kappa shape index (κ2) is 6.69. The van der Waals surface area contributed by atoms with Gasteiger partial charge in [0, 0.05) is 12.6 Å². The molecule has 2 heteroatoms.